The summed E-state index contributed by atoms with van der Waals surface area (Å²) in [6, 6.07) is 0. The Morgan fingerprint density at radius 3 is 2.36 bits per heavy atom. The Balaban J connectivity index is 2.20. The van der Waals surface area contributed by atoms with Crippen LogP contribution >= 0.6 is 13.6 Å². The van der Waals surface area contributed by atoms with Crippen LogP contribution in [-0.2, 0) is 27.9 Å². The van der Waals surface area contributed by atoms with Gasteiger partial charge in [0.1, 0.15) is 0 Å². The molecule has 2 unspecified atom stereocenters. The lowest BCUT2D eigenvalue weighted by molar-refractivity contribution is 0.407. The molecule has 0 spiro atoms. The van der Waals surface area contributed by atoms with Crippen LogP contribution in [0.4, 0.5) is 0 Å². The van der Waals surface area contributed by atoms with Crippen molar-refractivity contribution in [3.8, 4) is 0 Å². The molecule has 0 aliphatic heterocycles. The first kappa shape index (κ1) is 11.7. The fourth-order valence-corrected chi connectivity index (χ4v) is 8.50. The van der Waals surface area contributed by atoms with Gasteiger partial charge in [0.25, 0.3) is 0 Å². The van der Waals surface area contributed by atoms with Crippen LogP contribution < -0.4 is 0 Å². The summed E-state index contributed by atoms with van der Waals surface area (Å²) in [5.41, 5.74) is 0. The monoisotopic (exact) mass is 272 g/mol. The minimum atomic E-state index is -2.86. The summed E-state index contributed by atoms with van der Waals surface area (Å²) >= 11 is 9.77. The normalized spacial score (nSPS) is 42.3. The van der Waals surface area contributed by atoms with Crippen LogP contribution in [0, 0.1) is 5.92 Å². The molecule has 2 saturated carbocycles. The fourth-order valence-electron chi connectivity index (χ4n) is 2.76. The van der Waals surface area contributed by atoms with Crippen molar-refractivity contribution in [2.75, 3.05) is 0 Å². The van der Waals surface area contributed by atoms with Gasteiger partial charge in [-0.3, -0.25) is 4.31 Å². The van der Waals surface area contributed by atoms with Gasteiger partial charge in [-0.05, 0) is 61.6 Å². The largest absolute Gasteiger partial charge is 0.347 e. The Kier molecular flexibility index (Phi) is 3.24. The second-order valence-corrected chi connectivity index (χ2v) is 10.0. The standard InChI is InChI=1S/C7H14O3P2S2/c8-11(13)10-12(9,14)7-3-1-6(5-7)2-4-7/h6,11H,1-5H2,(H,8,13)(H,9,14). The molecule has 0 aromatic carbocycles. The molecule has 2 fully saturated rings. The van der Waals surface area contributed by atoms with Gasteiger partial charge in [-0.2, -0.15) is 0 Å². The van der Waals surface area contributed by atoms with Gasteiger partial charge in [0.15, 0.2) is 13.6 Å². The van der Waals surface area contributed by atoms with E-state index < -0.39 is 13.6 Å². The van der Waals surface area contributed by atoms with E-state index in [0.29, 0.717) is 5.92 Å². The molecular formula is C7H14O3P2S2. The lowest BCUT2D eigenvalue weighted by atomic mass is 10.0. The fraction of sp³-hybridized carbons (Fsp3) is 1.00. The second-order valence-electron chi connectivity index (χ2n) is 4.25. The van der Waals surface area contributed by atoms with Gasteiger partial charge in [0.05, 0.1) is 0 Å². The van der Waals surface area contributed by atoms with Gasteiger partial charge in [0.2, 0.25) is 0 Å². The summed E-state index contributed by atoms with van der Waals surface area (Å²) < 4.78 is 5.10. The third-order valence-corrected chi connectivity index (χ3v) is 9.45. The Bertz CT molecular complexity index is 312. The molecule has 2 rings (SSSR count). The van der Waals surface area contributed by atoms with Crippen molar-refractivity contribution in [2.45, 2.75) is 37.3 Å². The Morgan fingerprint density at radius 2 is 2.00 bits per heavy atom. The van der Waals surface area contributed by atoms with Gasteiger partial charge in [-0.1, -0.05) is 0 Å². The Hall–Kier alpha value is 1.18. The third-order valence-electron chi connectivity index (χ3n) is 3.51. The van der Waals surface area contributed by atoms with E-state index in [9.17, 15) is 4.89 Å². The van der Waals surface area contributed by atoms with E-state index >= 15 is 0 Å². The average molecular weight is 272 g/mol. The molecule has 82 valence electrons. The summed E-state index contributed by atoms with van der Waals surface area (Å²) in [6.07, 6.45) is 5.18. The number of fused-ring (bicyclic) bond motifs is 2. The Morgan fingerprint density at radius 1 is 1.43 bits per heavy atom. The first-order valence-corrected chi connectivity index (χ1v) is 9.87. The number of hydrogen-bond acceptors (Lipinski definition) is 3. The van der Waals surface area contributed by atoms with E-state index in [1.54, 1.807) is 0 Å². The molecule has 2 N–H and O–H groups in total. The molecule has 0 saturated heterocycles. The molecule has 2 aliphatic rings. The van der Waals surface area contributed by atoms with Crippen molar-refractivity contribution < 1.29 is 14.1 Å². The van der Waals surface area contributed by atoms with Crippen molar-refractivity contribution >= 4 is 37.3 Å². The summed E-state index contributed by atoms with van der Waals surface area (Å²) in [5.74, 6) is 0.715. The summed E-state index contributed by atoms with van der Waals surface area (Å²) in [5, 5.41) is -0.204. The lowest BCUT2D eigenvalue weighted by Crippen LogP contribution is -2.22. The van der Waals surface area contributed by atoms with E-state index in [1.165, 1.54) is 0 Å². The molecule has 2 aliphatic carbocycles. The zero-order valence-corrected chi connectivity index (χ0v) is 11.2. The highest BCUT2D eigenvalue weighted by Crippen LogP contribution is 2.71. The van der Waals surface area contributed by atoms with E-state index in [0.717, 1.165) is 32.1 Å². The molecule has 0 heterocycles. The van der Waals surface area contributed by atoms with Gasteiger partial charge >= 0.3 is 0 Å². The lowest BCUT2D eigenvalue weighted by Gasteiger charge is -2.33. The van der Waals surface area contributed by atoms with Gasteiger partial charge in [-0.25, -0.2) is 0 Å². The van der Waals surface area contributed by atoms with Crippen molar-refractivity contribution in [3.05, 3.63) is 0 Å². The van der Waals surface area contributed by atoms with E-state index in [-0.39, 0.29) is 5.16 Å². The topological polar surface area (TPSA) is 49.7 Å². The van der Waals surface area contributed by atoms with Crippen LogP contribution in [0.25, 0.3) is 0 Å². The van der Waals surface area contributed by atoms with Crippen molar-refractivity contribution in [2.24, 2.45) is 5.92 Å². The first-order chi connectivity index (χ1) is 6.45. The molecular weight excluding hydrogens is 258 g/mol. The summed E-state index contributed by atoms with van der Waals surface area (Å²) in [7, 11) is -2.28. The van der Waals surface area contributed by atoms with Crippen LogP contribution in [0.2, 0.25) is 0 Å². The molecule has 2 atom stereocenters. The highest BCUT2D eigenvalue weighted by molar-refractivity contribution is 8.13. The van der Waals surface area contributed by atoms with Gasteiger partial charge in [-0.15, -0.1) is 0 Å². The van der Waals surface area contributed by atoms with Gasteiger partial charge < -0.3 is 9.79 Å². The van der Waals surface area contributed by atoms with Crippen molar-refractivity contribution in [1.82, 2.24) is 0 Å². The average Bonchev–Trinajstić information content (AvgIpc) is 2.60. The summed E-state index contributed by atoms with van der Waals surface area (Å²) in [6.45, 7) is -2.86. The number of rotatable bonds is 3. The quantitative estimate of drug-likeness (QED) is 0.771. The highest BCUT2D eigenvalue weighted by Gasteiger charge is 2.54. The summed E-state index contributed by atoms with van der Waals surface area (Å²) in [4.78, 5) is 19.2. The van der Waals surface area contributed by atoms with Crippen molar-refractivity contribution in [1.29, 1.82) is 0 Å². The van der Waals surface area contributed by atoms with E-state index in [2.05, 4.69) is 11.8 Å². The minimum absolute atomic E-state index is 0.204. The molecule has 0 aromatic rings. The van der Waals surface area contributed by atoms with Crippen LogP contribution in [0.5, 0.6) is 0 Å². The molecule has 3 nitrogen and oxygen atoms in total. The molecule has 7 heteroatoms. The smallest absolute Gasteiger partial charge is 0.197 e. The number of hydrogen-bond donors (Lipinski definition) is 2. The maximum atomic E-state index is 10.2. The van der Waals surface area contributed by atoms with Crippen LogP contribution in [0.15, 0.2) is 0 Å². The first-order valence-electron chi connectivity index (χ1n) is 4.71. The molecule has 14 heavy (non-hydrogen) atoms. The zero-order valence-electron chi connectivity index (χ0n) is 7.68. The highest BCUT2D eigenvalue weighted by atomic mass is 32.5. The molecule has 0 radical (unpaired) electrons. The van der Waals surface area contributed by atoms with E-state index in [1.807, 2.05) is 0 Å². The minimum Gasteiger partial charge on any atom is -0.347 e. The van der Waals surface area contributed by atoms with Crippen LogP contribution in [-0.4, -0.2) is 14.9 Å². The Labute approximate surface area is 94.6 Å². The van der Waals surface area contributed by atoms with Gasteiger partial charge in [0, 0.05) is 5.16 Å². The second kappa shape index (κ2) is 3.89. The van der Waals surface area contributed by atoms with Crippen LogP contribution in [0.1, 0.15) is 32.1 Å². The SMILES string of the molecule is O[PH](=S)OP(O)(=S)C12CCC(CC1)C2. The maximum absolute atomic E-state index is 10.2. The van der Waals surface area contributed by atoms with Crippen molar-refractivity contribution in [3.63, 3.8) is 0 Å². The predicted octanol–water partition coefficient (Wildman–Crippen LogP) is 2.14. The van der Waals surface area contributed by atoms with E-state index in [4.69, 9.17) is 21.0 Å². The molecule has 0 aromatic heterocycles. The third kappa shape index (κ3) is 1.89. The molecule has 2 bridgehead atoms. The predicted molar refractivity (Wildman–Crippen MR) is 64.8 cm³/mol. The maximum Gasteiger partial charge on any atom is 0.197 e. The molecule has 0 amide bonds. The van der Waals surface area contributed by atoms with Crippen LogP contribution in [0.3, 0.4) is 0 Å². The zero-order chi connectivity index (χ0) is 10.4.